The van der Waals surface area contributed by atoms with Gasteiger partial charge in [-0.3, -0.25) is 9.98 Å². The summed E-state index contributed by atoms with van der Waals surface area (Å²) in [6.45, 7) is 19.6. The number of aryl methyl sites for hydroxylation is 2. The van der Waals surface area contributed by atoms with Gasteiger partial charge in [-0.2, -0.15) is 0 Å². The van der Waals surface area contributed by atoms with Gasteiger partial charge in [0.15, 0.2) is 0 Å². The van der Waals surface area contributed by atoms with E-state index in [-0.39, 0.29) is 0 Å². The zero-order chi connectivity index (χ0) is 18.8. The van der Waals surface area contributed by atoms with Crippen molar-refractivity contribution in [3.05, 3.63) is 46.3 Å². The van der Waals surface area contributed by atoms with Crippen LogP contribution in [0.3, 0.4) is 0 Å². The maximum absolute atomic E-state index is 4.95. The van der Waals surface area contributed by atoms with Crippen molar-refractivity contribution in [2.24, 2.45) is 9.98 Å². The minimum Gasteiger partial charge on any atom is -0.369 e. The molecule has 0 aliphatic heterocycles. The molecule has 1 rings (SSSR count). The highest BCUT2D eigenvalue weighted by Gasteiger charge is 2.16. The lowest BCUT2D eigenvalue weighted by molar-refractivity contribution is 0.355. The molecule has 0 aliphatic carbocycles. The molecule has 0 atom stereocenters. The largest absolute Gasteiger partial charge is 0.369 e. The molecule has 0 amide bonds. The highest BCUT2D eigenvalue weighted by molar-refractivity contribution is 5.98. The summed E-state index contributed by atoms with van der Waals surface area (Å²) in [5.74, 6) is 0. The van der Waals surface area contributed by atoms with Crippen molar-refractivity contribution in [1.29, 1.82) is 0 Å². The molecule has 0 unspecified atom stereocenters. The topological polar surface area (TPSA) is 28.0 Å². The fraction of sp³-hybridized carbons (Fsp3) is 0.545. The van der Waals surface area contributed by atoms with Gasteiger partial charge in [0.1, 0.15) is 0 Å². The summed E-state index contributed by atoms with van der Waals surface area (Å²) in [4.78, 5) is 11.7. The van der Waals surface area contributed by atoms with Crippen LogP contribution in [0.4, 0.5) is 0 Å². The van der Waals surface area contributed by atoms with Crippen molar-refractivity contribution in [2.45, 2.75) is 67.3 Å². The van der Waals surface area contributed by atoms with Gasteiger partial charge < -0.3 is 4.90 Å². The number of benzene rings is 1. The molecule has 1 aromatic rings. The number of allylic oxidation sites excluding steroid dienone is 2. The quantitative estimate of drug-likeness (QED) is 0.501. The average Bonchev–Trinajstić information content (AvgIpc) is 2.59. The van der Waals surface area contributed by atoms with Gasteiger partial charge >= 0.3 is 0 Å². The molecule has 0 radical (unpaired) electrons. The minimum atomic E-state index is 0.716. The monoisotopic (exact) mass is 341 g/mol. The lowest BCUT2D eigenvalue weighted by Crippen LogP contribution is -2.29. The Morgan fingerprint density at radius 1 is 1.04 bits per heavy atom. The van der Waals surface area contributed by atoms with Crippen molar-refractivity contribution in [1.82, 2.24) is 4.90 Å². The molecule has 138 valence electrons. The first-order valence-corrected chi connectivity index (χ1v) is 9.51. The highest BCUT2D eigenvalue weighted by atomic mass is 15.2. The van der Waals surface area contributed by atoms with E-state index in [1.807, 2.05) is 0 Å². The SMILES string of the molecule is C=N/C(CC)=C(\C(C)=NCc1c(C)cccc1C)N(CCC)CCC. The number of nitrogens with zero attached hydrogens (tertiary/aromatic N) is 3. The zero-order valence-electron chi connectivity index (χ0n) is 17.0. The lowest BCUT2D eigenvalue weighted by atomic mass is 10.0. The molecule has 0 aromatic heterocycles. The predicted molar refractivity (Wildman–Crippen MR) is 112 cm³/mol. The smallest absolute Gasteiger partial charge is 0.0795 e. The third-order valence-corrected chi connectivity index (χ3v) is 4.56. The van der Waals surface area contributed by atoms with E-state index < -0.39 is 0 Å². The number of aliphatic imine (C=N–C) groups is 2. The third kappa shape index (κ3) is 5.84. The van der Waals surface area contributed by atoms with Gasteiger partial charge in [-0.25, -0.2) is 0 Å². The molecule has 3 nitrogen and oxygen atoms in total. The molecule has 0 saturated carbocycles. The first-order valence-electron chi connectivity index (χ1n) is 9.51. The van der Waals surface area contributed by atoms with E-state index in [0.717, 1.165) is 43.8 Å². The molecule has 0 bridgehead atoms. The van der Waals surface area contributed by atoms with Crippen LogP contribution in [0.25, 0.3) is 0 Å². The van der Waals surface area contributed by atoms with Crippen molar-refractivity contribution < 1.29 is 0 Å². The van der Waals surface area contributed by atoms with Crippen LogP contribution >= 0.6 is 0 Å². The third-order valence-electron chi connectivity index (χ3n) is 4.56. The molecule has 1 aromatic carbocycles. The summed E-state index contributed by atoms with van der Waals surface area (Å²) in [5.41, 5.74) is 7.21. The lowest BCUT2D eigenvalue weighted by Gasteiger charge is -2.28. The van der Waals surface area contributed by atoms with Gasteiger partial charge in [-0.05, 0) is 63.4 Å². The Labute approximate surface area is 154 Å². The van der Waals surface area contributed by atoms with Crippen molar-refractivity contribution in [3.8, 4) is 0 Å². The van der Waals surface area contributed by atoms with E-state index in [0.29, 0.717) is 6.54 Å². The van der Waals surface area contributed by atoms with Gasteiger partial charge in [0.2, 0.25) is 0 Å². The Morgan fingerprint density at radius 3 is 2.04 bits per heavy atom. The van der Waals surface area contributed by atoms with E-state index in [4.69, 9.17) is 4.99 Å². The summed E-state index contributed by atoms with van der Waals surface area (Å²) in [6, 6.07) is 6.43. The van der Waals surface area contributed by atoms with E-state index >= 15 is 0 Å². The molecular formula is C22H35N3. The van der Waals surface area contributed by atoms with E-state index in [1.54, 1.807) is 0 Å². The van der Waals surface area contributed by atoms with Gasteiger partial charge in [0.25, 0.3) is 0 Å². The molecular weight excluding hydrogens is 306 g/mol. The molecule has 0 spiro atoms. The maximum Gasteiger partial charge on any atom is 0.0795 e. The number of rotatable bonds is 10. The van der Waals surface area contributed by atoms with Crippen LogP contribution in [-0.4, -0.2) is 30.4 Å². The van der Waals surface area contributed by atoms with Crippen LogP contribution in [0.1, 0.15) is 63.6 Å². The number of hydrogen-bond acceptors (Lipinski definition) is 3. The van der Waals surface area contributed by atoms with Crippen LogP contribution in [-0.2, 0) is 6.54 Å². The summed E-state index contributed by atoms with van der Waals surface area (Å²) >= 11 is 0. The van der Waals surface area contributed by atoms with E-state index in [1.165, 1.54) is 22.4 Å². The Morgan fingerprint density at radius 2 is 1.60 bits per heavy atom. The van der Waals surface area contributed by atoms with Crippen LogP contribution in [0.15, 0.2) is 39.6 Å². The fourth-order valence-electron chi connectivity index (χ4n) is 3.22. The predicted octanol–water partition coefficient (Wildman–Crippen LogP) is 5.71. The zero-order valence-corrected chi connectivity index (χ0v) is 17.0. The molecule has 0 aliphatic rings. The highest BCUT2D eigenvalue weighted by Crippen LogP contribution is 2.20. The first kappa shape index (κ1) is 21.1. The molecule has 0 heterocycles. The van der Waals surface area contributed by atoms with Crippen molar-refractivity contribution >= 4 is 12.4 Å². The molecule has 0 fully saturated rings. The Balaban J connectivity index is 3.25. The van der Waals surface area contributed by atoms with Crippen molar-refractivity contribution in [3.63, 3.8) is 0 Å². The minimum absolute atomic E-state index is 0.716. The van der Waals surface area contributed by atoms with Crippen LogP contribution in [0.2, 0.25) is 0 Å². The maximum atomic E-state index is 4.95. The molecule has 25 heavy (non-hydrogen) atoms. The van der Waals surface area contributed by atoms with Gasteiger partial charge in [0, 0.05) is 13.1 Å². The Hall–Kier alpha value is -1.90. The molecule has 0 saturated heterocycles. The van der Waals surface area contributed by atoms with Crippen LogP contribution in [0.5, 0.6) is 0 Å². The summed E-state index contributed by atoms with van der Waals surface area (Å²) < 4.78 is 0. The molecule has 3 heteroatoms. The normalized spacial score (nSPS) is 12.8. The summed E-state index contributed by atoms with van der Waals surface area (Å²) in [5, 5.41) is 0. The van der Waals surface area contributed by atoms with Crippen LogP contribution < -0.4 is 0 Å². The van der Waals surface area contributed by atoms with E-state index in [2.05, 4.69) is 76.4 Å². The second kappa shape index (κ2) is 10.9. The van der Waals surface area contributed by atoms with Crippen LogP contribution in [0, 0.1) is 13.8 Å². The number of hydrogen-bond donors (Lipinski definition) is 0. The first-order chi connectivity index (χ1) is 12.0. The Bertz CT molecular complexity index is 600. The van der Waals surface area contributed by atoms with Gasteiger partial charge in [0.05, 0.1) is 23.7 Å². The fourth-order valence-corrected chi connectivity index (χ4v) is 3.22. The second-order valence-electron chi connectivity index (χ2n) is 6.57. The second-order valence-corrected chi connectivity index (χ2v) is 6.57. The van der Waals surface area contributed by atoms with E-state index in [9.17, 15) is 0 Å². The average molecular weight is 342 g/mol. The molecule has 0 N–H and O–H groups in total. The summed E-state index contributed by atoms with van der Waals surface area (Å²) in [6.07, 6.45) is 3.10. The standard InChI is InChI=1S/C22H35N3/c1-8-14-25(15-9-2)22(21(10-3)23-7)19(6)24-16-20-17(4)12-11-13-18(20)5/h11-13H,7-10,14-16H2,1-6H3/b22-21+,24-19?. The van der Waals surface area contributed by atoms with Gasteiger partial charge in [-0.1, -0.05) is 39.0 Å². The van der Waals surface area contributed by atoms with Gasteiger partial charge in [-0.15, -0.1) is 0 Å². The Kier molecular flexibility index (Phi) is 9.18. The van der Waals surface area contributed by atoms with Crippen molar-refractivity contribution in [2.75, 3.05) is 13.1 Å². The summed E-state index contributed by atoms with van der Waals surface area (Å²) in [7, 11) is 0.